The molecule has 0 amide bonds. The number of Topliss-reactive ketones (excluding diaryl/α,β-unsaturated/α-hetero) is 1. The van der Waals surface area contributed by atoms with Gasteiger partial charge in [-0.2, -0.15) is 0 Å². The van der Waals surface area contributed by atoms with E-state index in [4.69, 9.17) is 4.99 Å². The third kappa shape index (κ3) is 7.93. The second kappa shape index (κ2) is 15.7. The second-order valence-corrected chi connectivity index (χ2v) is 16.8. The van der Waals surface area contributed by atoms with Crippen LogP contribution in [0.4, 0.5) is 5.69 Å². The fourth-order valence-electron chi connectivity index (χ4n) is 7.96. The molecule has 56 heavy (non-hydrogen) atoms. The second-order valence-electron chi connectivity index (χ2n) is 16.8. The number of nitrogens with zero attached hydrogens (tertiary/aromatic N) is 1. The maximum Gasteiger partial charge on any atom is 0.182 e. The topological polar surface area (TPSA) is 29.4 Å². The SMILES string of the molecule is CC(=Nc1c(C(c2ccc(C)cc2)c2ccc(C)cc2)cc(C(c2ccc(C)cc2)c2ccc(C)cc2)c2cccc(-c3ccc(C)cc3)c12)C(=O)C(C)(C)C. The summed E-state index contributed by atoms with van der Waals surface area (Å²) in [6.07, 6.45) is 0. The van der Waals surface area contributed by atoms with Gasteiger partial charge in [-0.3, -0.25) is 4.79 Å². The number of rotatable bonds is 9. The predicted octanol–water partition coefficient (Wildman–Crippen LogP) is 14.1. The fraction of sp³-hybridized carbons (Fsp3) is 0.222. The highest BCUT2D eigenvalue weighted by molar-refractivity contribution is 6.41. The van der Waals surface area contributed by atoms with E-state index in [-0.39, 0.29) is 17.6 Å². The Bertz CT molecular complexity index is 2440. The number of hydrogen-bond donors (Lipinski definition) is 0. The van der Waals surface area contributed by atoms with Gasteiger partial charge in [-0.05, 0) is 91.4 Å². The lowest BCUT2D eigenvalue weighted by Crippen LogP contribution is -2.26. The van der Waals surface area contributed by atoms with Crippen LogP contribution in [-0.2, 0) is 4.79 Å². The maximum atomic E-state index is 14.1. The van der Waals surface area contributed by atoms with Crippen LogP contribution in [0.3, 0.4) is 0 Å². The van der Waals surface area contributed by atoms with Crippen LogP contribution in [0.2, 0.25) is 0 Å². The summed E-state index contributed by atoms with van der Waals surface area (Å²) in [5.41, 5.74) is 16.1. The average molecular weight is 732 g/mol. The zero-order chi connectivity index (χ0) is 39.7. The number of carbonyl (C=O) groups excluding carboxylic acids is 1. The molecule has 7 aromatic rings. The molecule has 0 aromatic heterocycles. The monoisotopic (exact) mass is 731 g/mol. The fourth-order valence-corrected chi connectivity index (χ4v) is 7.96. The van der Waals surface area contributed by atoms with Crippen molar-refractivity contribution in [3.63, 3.8) is 0 Å². The Hall–Kier alpha value is -5.86. The van der Waals surface area contributed by atoms with Crippen LogP contribution in [-0.4, -0.2) is 11.5 Å². The van der Waals surface area contributed by atoms with E-state index in [9.17, 15) is 4.79 Å². The minimum absolute atomic E-state index is 0.0351. The predicted molar refractivity (Wildman–Crippen MR) is 238 cm³/mol. The lowest BCUT2D eigenvalue weighted by atomic mass is 9.76. The third-order valence-corrected chi connectivity index (χ3v) is 11.1. The number of ketones is 1. The molecular weight excluding hydrogens is 679 g/mol. The normalized spacial score (nSPS) is 12.2. The van der Waals surface area contributed by atoms with Gasteiger partial charge in [0.1, 0.15) is 0 Å². The molecule has 0 unspecified atom stereocenters. The van der Waals surface area contributed by atoms with Crippen molar-refractivity contribution < 1.29 is 4.79 Å². The Balaban J connectivity index is 1.70. The van der Waals surface area contributed by atoms with Crippen molar-refractivity contribution in [2.24, 2.45) is 10.4 Å². The van der Waals surface area contributed by atoms with Gasteiger partial charge in [0.2, 0.25) is 0 Å². The first kappa shape index (κ1) is 38.4. The van der Waals surface area contributed by atoms with Gasteiger partial charge in [-0.15, -0.1) is 0 Å². The molecule has 0 N–H and O–H groups in total. The van der Waals surface area contributed by atoms with E-state index in [0.29, 0.717) is 5.71 Å². The molecule has 0 saturated carbocycles. The first-order valence-corrected chi connectivity index (χ1v) is 19.8. The van der Waals surface area contributed by atoms with E-state index >= 15 is 0 Å². The van der Waals surface area contributed by atoms with E-state index in [1.165, 1.54) is 55.6 Å². The zero-order valence-corrected chi connectivity index (χ0v) is 34.4. The van der Waals surface area contributed by atoms with Crippen molar-refractivity contribution in [1.82, 2.24) is 0 Å². The van der Waals surface area contributed by atoms with Crippen LogP contribution in [0.5, 0.6) is 0 Å². The summed E-state index contributed by atoms with van der Waals surface area (Å²) in [7, 11) is 0. The Morgan fingerprint density at radius 1 is 0.500 bits per heavy atom. The molecule has 0 atom stereocenters. The molecule has 7 rings (SSSR count). The molecule has 0 radical (unpaired) electrons. The van der Waals surface area contributed by atoms with Gasteiger partial charge in [0, 0.05) is 22.6 Å². The molecule has 0 fully saturated rings. The van der Waals surface area contributed by atoms with Crippen molar-refractivity contribution >= 4 is 28.0 Å². The van der Waals surface area contributed by atoms with Gasteiger partial charge < -0.3 is 0 Å². The molecule has 0 heterocycles. The van der Waals surface area contributed by atoms with Gasteiger partial charge >= 0.3 is 0 Å². The third-order valence-electron chi connectivity index (χ3n) is 11.1. The highest BCUT2D eigenvalue weighted by Crippen LogP contribution is 2.49. The van der Waals surface area contributed by atoms with Crippen LogP contribution < -0.4 is 0 Å². The minimum atomic E-state index is -0.585. The van der Waals surface area contributed by atoms with Gasteiger partial charge in [-0.1, -0.05) is 194 Å². The summed E-state index contributed by atoms with van der Waals surface area (Å²) >= 11 is 0. The van der Waals surface area contributed by atoms with E-state index in [1.807, 2.05) is 27.7 Å². The molecule has 2 heteroatoms. The van der Waals surface area contributed by atoms with Crippen LogP contribution in [0.25, 0.3) is 21.9 Å². The summed E-state index contributed by atoms with van der Waals surface area (Å²) in [6, 6.07) is 53.7. The highest BCUT2D eigenvalue weighted by Gasteiger charge is 2.30. The van der Waals surface area contributed by atoms with Gasteiger partial charge in [0.25, 0.3) is 0 Å². The van der Waals surface area contributed by atoms with Gasteiger partial charge in [-0.25, -0.2) is 4.99 Å². The number of aryl methyl sites for hydroxylation is 5. The number of carbonyl (C=O) groups is 1. The van der Waals surface area contributed by atoms with Crippen molar-refractivity contribution in [3.8, 4) is 11.1 Å². The van der Waals surface area contributed by atoms with Gasteiger partial charge in [0.05, 0.1) is 11.4 Å². The average Bonchev–Trinajstić information content (AvgIpc) is 3.18. The largest absolute Gasteiger partial charge is 0.292 e. The summed E-state index contributed by atoms with van der Waals surface area (Å²) in [6.45, 7) is 18.5. The molecule has 0 aliphatic heterocycles. The Morgan fingerprint density at radius 3 is 1.27 bits per heavy atom. The summed E-state index contributed by atoms with van der Waals surface area (Å²) < 4.78 is 0. The molecule has 0 aliphatic carbocycles. The first-order chi connectivity index (χ1) is 26.8. The molecule has 0 saturated heterocycles. The van der Waals surface area contributed by atoms with Crippen molar-refractivity contribution in [2.75, 3.05) is 0 Å². The molecular formula is C54H53NO. The highest BCUT2D eigenvalue weighted by atomic mass is 16.1. The van der Waals surface area contributed by atoms with Crippen molar-refractivity contribution in [2.45, 2.75) is 74.1 Å². The molecule has 0 aliphatic rings. The van der Waals surface area contributed by atoms with Gasteiger partial charge in [0.15, 0.2) is 5.78 Å². The standard InChI is InChI=1S/C54H53NO/c1-34-13-23-40(24-14-34)45-11-10-12-46-47(49(41-25-15-35(2)16-26-41)42-27-17-36(3)18-28-42)33-48(52(51(45)46)55-39(6)53(56)54(7,8)9)50(43-29-19-37(4)20-30-43)44-31-21-38(5)22-32-44/h10-33,49-50H,1-9H3. The first-order valence-electron chi connectivity index (χ1n) is 19.8. The van der Waals surface area contributed by atoms with E-state index in [0.717, 1.165) is 33.2 Å². The van der Waals surface area contributed by atoms with Crippen LogP contribution >= 0.6 is 0 Å². The van der Waals surface area contributed by atoms with Crippen LogP contribution in [0.15, 0.2) is 151 Å². The Kier molecular flexibility index (Phi) is 10.8. The lowest BCUT2D eigenvalue weighted by Gasteiger charge is -2.28. The summed E-state index contributed by atoms with van der Waals surface area (Å²) in [5, 5.41) is 2.18. The zero-order valence-electron chi connectivity index (χ0n) is 34.4. The van der Waals surface area contributed by atoms with E-state index in [2.05, 4.69) is 180 Å². The van der Waals surface area contributed by atoms with Crippen molar-refractivity contribution in [3.05, 3.63) is 207 Å². The smallest absolute Gasteiger partial charge is 0.182 e. The maximum absolute atomic E-state index is 14.1. The van der Waals surface area contributed by atoms with Crippen LogP contribution in [0, 0.1) is 40.0 Å². The Morgan fingerprint density at radius 2 is 0.875 bits per heavy atom. The number of aliphatic imine (C=N–C) groups is 1. The lowest BCUT2D eigenvalue weighted by molar-refractivity contribution is -0.119. The summed E-state index contributed by atoms with van der Waals surface area (Å²) in [5.74, 6) is -0.205. The molecule has 7 aromatic carbocycles. The quantitative estimate of drug-likeness (QED) is 0.107. The number of fused-ring (bicyclic) bond motifs is 1. The molecule has 0 bridgehead atoms. The van der Waals surface area contributed by atoms with Crippen LogP contribution in [0.1, 0.15) is 101 Å². The minimum Gasteiger partial charge on any atom is -0.292 e. The van der Waals surface area contributed by atoms with E-state index in [1.54, 1.807) is 0 Å². The number of benzene rings is 7. The molecule has 0 spiro atoms. The van der Waals surface area contributed by atoms with E-state index < -0.39 is 5.41 Å². The summed E-state index contributed by atoms with van der Waals surface area (Å²) in [4.78, 5) is 19.6. The molecule has 280 valence electrons. The Labute approximate surface area is 334 Å². The van der Waals surface area contributed by atoms with Crippen molar-refractivity contribution in [1.29, 1.82) is 0 Å². The molecule has 2 nitrogen and oxygen atoms in total. The number of hydrogen-bond acceptors (Lipinski definition) is 2.